The smallest absolute Gasteiger partial charge is 0.435 e. The van der Waals surface area contributed by atoms with Crippen molar-refractivity contribution >= 4 is 46.5 Å². The van der Waals surface area contributed by atoms with Crippen LogP contribution in [0.5, 0.6) is 0 Å². The molecule has 4 aromatic rings. The highest BCUT2D eigenvalue weighted by Crippen LogP contribution is 2.36. The summed E-state index contributed by atoms with van der Waals surface area (Å²) in [6.07, 6.45) is -1.84. The Morgan fingerprint density at radius 2 is 1.33 bits per heavy atom. The molecule has 0 unspecified atom stereocenters. The van der Waals surface area contributed by atoms with Crippen LogP contribution in [0, 0.1) is 0 Å². The van der Waals surface area contributed by atoms with Crippen LogP contribution in [0.2, 0.25) is 0 Å². The van der Waals surface area contributed by atoms with E-state index in [1.165, 1.54) is 6.08 Å². The van der Waals surface area contributed by atoms with E-state index in [-0.39, 0.29) is 5.01 Å². The highest BCUT2D eigenvalue weighted by molar-refractivity contribution is 7.14. The van der Waals surface area contributed by atoms with Crippen molar-refractivity contribution in [1.82, 2.24) is 4.98 Å². The van der Waals surface area contributed by atoms with Gasteiger partial charge in [0.15, 0.2) is 5.69 Å². The van der Waals surface area contributed by atoms with Crippen LogP contribution in [-0.2, 0) is 6.18 Å². The summed E-state index contributed by atoms with van der Waals surface area (Å²) in [7, 11) is 0. The fourth-order valence-electron chi connectivity index (χ4n) is 3.25. The summed E-state index contributed by atoms with van der Waals surface area (Å²) >= 11 is 0.491. The maximum atomic E-state index is 13.0. The van der Waals surface area contributed by atoms with E-state index >= 15 is 0 Å². The normalized spacial score (nSPS) is 11.6. The van der Waals surface area contributed by atoms with E-state index in [2.05, 4.69) is 9.88 Å². The number of benzene rings is 3. The zero-order valence-electron chi connectivity index (χ0n) is 17.0. The minimum absolute atomic E-state index is 0.0287. The number of anilines is 3. The van der Waals surface area contributed by atoms with Crippen LogP contribution in [0.4, 0.5) is 30.2 Å². The zero-order chi connectivity index (χ0) is 23.4. The third kappa shape index (κ3) is 5.12. The van der Waals surface area contributed by atoms with E-state index in [9.17, 15) is 18.0 Å². The van der Waals surface area contributed by atoms with Gasteiger partial charge in [0.1, 0.15) is 9.88 Å². The molecule has 0 aliphatic heterocycles. The molecule has 0 radical (unpaired) electrons. The summed E-state index contributed by atoms with van der Waals surface area (Å²) in [5.74, 6) is -1.65. The Balaban J connectivity index is 1.62. The first-order valence-electron chi connectivity index (χ1n) is 9.82. The number of aromatic carboxylic acids is 1. The number of hydrogen-bond donors (Lipinski definition) is 1. The van der Waals surface area contributed by atoms with Gasteiger partial charge in [0.05, 0.1) is 0 Å². The van der Waals surface area contributed by atoms with Gasteiger partial charge in [-0.2, -0.15) is 13.2 Å². The predicted molar refractivity (Wildman–Crippen MR) is 124 cm³/mol. The molecule has 4 rings (SSSR count). The SMILES string of the molecule is O=C(O)c1sc(/C=C/c2ccc(N(c3ccccc3)c3ccccc3)cc2)nc1C(F)(F)F. The molecule has 0 spiro atoms. The van der Waals surface area contributed by atoms with Gasteiger partial charge in [-0.3, -0.25) is 0 Å². The molecule has 3 aromatic carbocycles. The molecule has 1 heterocycles. The molecular weight excluding hydrogens is 449 g/mol. The van der Waals surface area contributed by atoms with Crippen molar-refractivity contribution in [3.05, 3.63) is 106 Å². The van der Waals surface area contributed by atoms with E-state index in [1.807, 2.05) is 84.9 Å². The standard InChI is InChI=1S/C25H17F3N2O2S/c26-25(27,28)23-22(24(31)32)33-21(29-23)16-13-17-11-14-20(15-12-17)30(18-7-3-1-4-8-18)19-9-5-2-6-10-19/h1-16H,(H,31,32)/b16-13+. The number of alkyl halides is 3. The summed E-state index contributed by atoms with van der Waals surface area (Å²) in [4.78, 5) is 15.9. The molecular formula is C25H17F3N2O2S. The minimum Gasteiger partial charge on any atom is -0.477 e. The molecule has 166 valence electrons. The highest BCUT2D eigenvalue weighted by atomic mass is 32.1. The van der Waals surface area contributed by atoms with Crippen LogP contribution >= 0.6 is 11.3 Å². The average molecular weight is 466 g/mol. The molecule has 0 aliphatic carbocycles. The Morgan fingerprint density at radius 3 is 1.79 bits per heavy atom. The second kappa shape index (κ2) is 9.30. The fraction of sp³-hybridized carbons (Fsp3) is 0.0400. The molecule has 1 N–H and O–H groups in total. The number of carboxylic acid groups (broad SMARTS) is 1. The van der Waals surface area contributed by atoms with E-state index in [1.54, 1.807) is 6.08 Å². The quantitative estimate of drug-likeness (QED) is 0.320. The second-order valence-corrected chi connectivity index (χ2v) is 7.99. The van der Waals surface area contributed by atoms with Crippen LogP contribution in [0.1, 0.15) is 25.9 Å². The molecule has 0 saturated carbocycles. The van der Waals surface area contributed by atoms with Gasteiger partial charge in [0.25, 0.3) is 0 Å². The lowest BCUT2D eigenvalue weighted by Gasteiger charge is -2.25. The number of hydrogen-bond acceptors (Lipinski definition) is 4. The maximum Gasteiger partial charge on any atom is 0.435 e. The van der Waals surface area contributed by atoms with Crippen molar-refractivity contribution < 1.29 is 23.1 Å². The van der Waals surface area contributed by atoms with Crippen LogP contribution in [0.25, 0.3) is 12.2 Å². The molecule has 0 saturated heterocycles. The van der Waals surface area contributed by atoms with Crippen LogP contribution in [-0.4, -0.2) is 16.1 Å². The van der Waals surface area contributed by atoms with Crippen molar-refractivity contribution in [3.8, 4) is 0 Å². The van der Waals surface area contributed by atoms with E-state index in [4.69, 9.17) is 5.11 Å². The Morgan fingerprint density at radius 1 is 0.818 bits per heavy atom. The van der Waals surface area contributed by atoms with Crippen LogP contribution in [0.3, 0.4) is 0 Å². The average Bonchev–Trinajstić information content (AvgIpc) is 3.26. The zero-order valence-corrected chi connectivity index (χ0v) is 17.8. The summed E-state index contributed by atoms with van der Waals surface area (Å²) < 4.78 is 39.1. The summed E-state index contributed by atoms with van der Waals surface area (Å²) in [6, 6.07) is 27.2. The molecule has 0 bridgehead atoms. The summed E-state index contributed by atoms with van der Waals surface area (Å²) in [6.45, 7) is 0. The second-order valence-electron chi connectivity index (χ2n) is 6.96. The number of thiazole rings is 1. The van der Waals surface area contributed by atoms with Gasteiger partial charge in [-0.05, 0) is 48.0 Å². The monoisotopic (exact) mass is 466 g/mol. The molecule has 1 aromatic heterocycles. The number of aromatic nitrogens is 1. The largest absolute Gasteiger partial charge is 0.477 e. The summed E-state index contributed by atoms with van der Waals surface area (Å²) in [5.41, 5.74) is 2.23. The Labute approximate surface area is 191 Å². The number of para-hydroxylation sites is 2. The first-order chi connectivity index (χ1) is 15.8. The topological polar surface area (TPSA) is 53.4 Å². The van der Waals surface area contributed by atoms with Crippen LogP contribution in [0.15, 0.2) is 84.9 Å². The van der Waals surface area contributed by atoms with Gasteiger partial charge in [-0.25, -0.2) is 9.78 Å². The maximum absolute atomic E-state index is 13.0. The third-order valence-corrected chi connectivity index (χ3v) is 5.71. The van der Waals surface area contributed by atoms with Crippen molar-refractivity contribution in [2.45, 2.75) is 6.18 Å². The van der Waals surface area contributed by atoms with Crippen molar-refractivity contribution in [2.75, 3.05) is 4.90 Å². The Bertz CT molecular complexity index is 1230. The molecule has 8 heteroatoms. The van der Waals surface area contributed by atoms with Crippen molar-refractivity contribution in [2.24, 2.45) is 0 Å². The van der Waals surface area contributed by atoms with Gasteiger partial charge in [-0.1, -0.05) is 54.6 Å². The van der Waals surface area contributed by atoms with E-state index < -0.39 is 22.7 Å². The molecule has 33 heavy (non-hydrogen) atoms. The van der Waals surface area contributed by atoms with Crippen LogP contribution < -0.4 is 4.90 Å². The molecule has 0 aliphatic rings. The lowest BCUT2D eigenvalue weighted by molar-refractivity contribution is -0.141. The number of rotatable bonds is 6. The van der Waals surface area contributed by atoms with E-state index in [0.29, 0.717) is 11.3 Å². The minimum atomic E-state index is -4.82. The van der Waals surface area contributed by atoms with Gasteiger partial charge < -0.3 is 10.0 Å². The highest BCUT2D eigenvalue weighted by Gasteiger charge is 2.39. The van der Waals surface area contributed by atoms with Gasteiger partial charge in [0.2, 0.25) is 0 Å². The Hall–Kier alpha value is -3.91. The molecule has 0 amide bonds. The lowest BCUT2D eigenvalue weighted by Crippen LogP contribution is -2.11. The van der Waals surface area contributed by atoms with Gasteiger partial charge in [0, 0.05) is 17.1 Å². The van der Waals surface area contributed by atoms with Gasteiger partial charge in [-0.15, -0.1) is 11.3 Å². The lowest BCUT2D eigenvalue weighted by atomic mass is 10.1. The Kier molecular flexibility index (Phi) is 6.28. The number of carboxylic acids is 1. The van der Waals surface area contributed by atoms with Crippen molar-refractivity contribution in [3.63, 3.8) is 0 Å². The predicted octanol–water partition coefficient (Wildman–Crippen LogP) is 7.50. The third-order valence-electron chi connectivity index (χ3n) is 4.70. The number of halogens is 3. The number of nitrogens with zero attached hydrogens (tertiary/aromatic N) is 2. The first-order valence-corrected chi connectivity index (χ1v) is 10.6. The molecule has 0 atom stereocenters. The summed E-state index contributed by atoms with van der Waals surface area (Å²) in [5, 5.41) is 9.01. The van der Waals surface area contributed by atoms with Crippen molar-refractivity contribution in [1.29, 1.82) is 0 Å². The fourth-order valence-corrected chi connectivity index (χ4v) is 4.08. The molecule has 0 fully saturated rings. The first kappa shape index (κ1) is 22.3. The molecule has 4 nitrogen and oxygen atoms in total. The van der Waals surface area contributed by atoms with E-state index in [0.717, 1.165) is 22.6 Å². The van der Waals surface area contributed by atoms with Gasteiger partial charge >= 0.3 is 12.1 Å². The number of carbonyl (C=O) groups is 1.